The number of benzene rings is 1. The molecule has 0 saturated carbocycles. The summed E-state index contributed by atoms with van der Waals surface area (Å²) in [5, 5.41) is 24.5. The van der Waals surface area contributed by atoms with Crippen molar-refractivity contribution in [3.05, 3.63) is 70.3 Å². The smallest absolute Gasteiger partial charge is 0.269 e. The number of hydrogen-bond donors (Lipinski definition) is 2. The molecule has 27 heavy (non-hydrogen) atoms. The van der Waals surface area contributed by atoms with Crippen molar-refractivity contribution in [1.29, 1.82) is 0 Å². The van der Waals surface area contributed by atoms with Gasteiger partial charge >= 0.3 is 0 Å². The third-order valence-electron chi connectivity index (χ3n) is 4.14. The Hall–Kier alpha value is -3.26. The van der Waals surface area contributed by atoms with Crippen molar-refractivity contribution in [1.82, 2.24) is 9.97 Å². The van der Waals surface area contributed by atoms with Crippen molar-refractivity contribution in [2.24, 2.45) is 0 Å². The molecule has 2 aromatic heterocycles. The molecule has 0 aliphatic rings. The van der Waals surface area contributed by atoms with Crippen LogP contribution in [0.25, 0.3) is 11.4 Å². The van der Waals surface area contributed by atoms with Crippen LogP contribution in [0, 0.1) is 10.1 Å². The maximum absolute atomic E-state index is 10.8. The third-order valence-corrected chi connectivity index (χ3v) is 4.14. The number of anilines is 1. The number of aryl methyl sites for hydroxylation is 1. The predicted octanol–water partition coefficient (Wildman–Crippen LogP) is 3.53. The lowest BCUT2D eigenvalue weighted by atomic mass is 10.0. The summed E-state index contributed by atoms with van der Waals surface area (Å²) < 4.78 is 5.28. The Balaban J connectivity index is 1.84. The zero-order valence-electron chi connectivity index (χ0n) is 15.0. The summed E-state index contributed by atoms with van der Waals surface area (Å²) in [5.74, 6) is 1.47. The first-order valence-electron chi connectivity index (χ1n) is 8.52. The highest BCUT2D eigenvalue weighted by Gasteiger charge is 2.26. The monoisotopic (exact) mass is 368 g/mol. The Bertz CT molecular complexity index is 921. The van der Waals surface area contributed by atoms with Crippen LogP contribution in [-0.4, -0.2) is 26.5 Å². The number of rotatable bonds is 7. The zero-order valence-corrected chi connectivity index (χ0v) is 15.0. The molecule has 0 fully saturated rings. The number of nitro groups is 1. The standard InChI is InChI=1S/C19H20N4O4/c1-3-14-11-17(20-12-19(2,24)16-5-4-10-27-16)22-18(21-14)13-6-8-15(9-7-13)23(25)26/h4-11,24H,3,12H2,1-2H3,(H,20,21,22). The van der Waals surface area contributed by atoms with Gasteiger partial charge in [-0.05, 0) is 37.6 Å². The van der Waals surface area contributed by atoms with Gasteiger partial charge in [0.15, 0.2) is 5.82 Å². The number of hydrogen-bond acceptors (Lipinski definition) is 7. The first kappa shape index (κ1) is 18.5. The summed E-state index contributed by atoms with van der Waals surface area (Å²) in [6, 6.07) is 11.3. The van der Waals surface area contributed by atoms with Gasteiger partial charge in [-0.15, -0.1) is 0 Å². The molecule has 140 valence electrons. The Morgan fingerprint density at radius 1 is 1.26 bits per heavy atom. The molecule has 8 heteroatoms. The molecule has 0 aliphatic carbocycles. The number of aliphatic hydroxyl groups is 1. The van der Waals surface area contributed by atoms with Gasteiger partial charge in [-0.1, -0.05) is 6.92 Å². The lowest BCUT2D eigenvalue weighted by Gasteiger charge is -2.21. The van der Waals surface area contributed by atoms with E-state index in [9.17, 15) is 15.2 Å². The van der Waals surface area contributed by atoms with Crippen LogP contribution in [0.15, 0.2) is 53.1 Å². The molecule has 0 radical (unpaired) electrons. The van der Waals surface area contributed by atoms with E-state index in [-0.39, 0.29) is 12.2 Å². The summed E-state index contributed by atoms with van der Waals surface area (Å²) in [6.45, 7) is 3.82. The number of aromatic nitrogens is 2. The maximum atomic E-state index is 10.8. The average Bonchev–Trinajstić information content (AvgIpc) is 3.22. The van der Waals surface area contributed by atoms with E-state index in [1.165, 1.54) is 18.4 Å². The highest BCUT2D eigenvalue weighted by atomic mass is 16.6. The Morgan fingerprint density at radius 2 is 2.00 bits per heavy atom. The fourth-order valence-electron chi connectivity index (χ4n) is 2.57. The highest BCUT2D eigenvalue weighted by molar-refractivity contribution is 5.59. The van der Waals surface area contributed by atoms with Gasteiger partial charge in [0, 0.05) is 29.5 Å². The van der Waals surface area contributed by atoms with Gasteiger partial charge in [0.1, 0.15) is 17.2 Å². The number of non-ortho nitro benzene ring substituents is 1. The minimum atomic E-state index is -1.20. The fourth-order valence-corrected chi connectivity index (χ4v) is 2.57. The van der Waals surface area contributed by atoms with Gasteiger partial charge in [0.25, 0.3) is 5.69 Å². The van der Waals surface area contributed by atoms with E-state index >= 15 is 0 Å². The van der Waals surface area contributed by atoms with Crippen LogP contribution >= 0.6 is 0 Å². The van der Waals surface area contributed by atoms with Crippen molar-refractivity contribution in [3.8, 4) is 11.4 Å². The van der Waals surface area contributed by atoms with E-state index < -0.39 is 10.5 Å². The second-order valence-electron chi connectivity index (χ2n) is 6.33. The van der Waals surface area contributed by atoms with Crippen LogP contribution in [-0.2, 0) is 12.0 Å². The van der Waals surface area contributed by atoms with Crippen LogP contribution in [0.1, 0.15) is 25.3 Å². The summed E-state index contributed by atoms with van der Waals surface area (Å²) >= 11 is 0. The second kappa shape index (κ2) is 7.55. The zero-order chi connectivity index (χ0) is 19.4. The lowest BCUT2D eigenvalue weighted by Crippen LogP contribution is -2.30. The molecule has 0 aliphatic heterocycles. The molecule has 0 bridgehead atoms. The quantitative estimate of drug-likeness (QED) is 0.484. The van der Waals surface area contributed by atoms with Crippen LogP contribution in [0.3, 0.4) is 0 Å². The molecule has 0 saturated heterocycles. The lowest BCUT2D eigenvalue weighted by molar-refractivity contribution is -0.384. The van der Waals surface area contributed by atoms with Crippen molar-refractivity contribution in [2.75, 3.05) is 11.9 Å². The van der Waals surface area contributed by atoms with E-state index in [1.54, 1.807) is 31.2 Å². The maximum Gasteiger partial charge on any atom is 0.269 e. The topological polar surface area (TPSA) is 114 Å². The van der Waals surface area contributed by atoms with Crippen LogP contribution < -0.4 is 5.32 Å². The van der Waals surface area contributed by atoms with E-state index in [1.807, 2.05) is 13.0 Å². The first-order chi connectivity index (χ1) is 12.9. The summed E-state index contributed by atoms with van der Waals surface area (Å²) in [5.41, 5.74) is 0.308. The molecular formula is C19H20N4O4. The third kappa shape index (κ3) is 4.29. The van der Waals surface area contributed by atoms with Gasteiger partial charge in [-0.2, -0.15) is 0 Å². The van der Waals surface area contributed by atoms with E-state index in [2.05, 4.69) is 15.3 Å². The minimum absolute atomic E-state index is 0.0123. The summed E-state index contributed by atoms with van der Waals surface area (Å²) in [7, 11) is 0. The summed E-state index contributed by atoms with van der Waals surface area (Å²) in [6.07, 6.45) is 2.21. The SMILES string of the molecule is CCc1cc(NCC(C)(O)c2ccco2)nc(-c2ccc([N+](=O)[O-])cc2)n1. The first-order valence-corrected chi connectivity index (χ1v) is 8.52. The Morgan fingerprint density at radius 3 is 2.59 bits per heavy atom. The molecular weight excluding hydrogens is 348 g/mol. The molecule has 3 rings (SSSR count). The number of nitrogens with zero attached hydrogens (tertiary/aromatic N) is 3. The number of nitro benzene ring substituents is 1. The fraction of sp³-hybridized carbons (Fsp3) is 0.263. The van der Waals surface area contributed by atoms with Gasteiger partial charge in [-0.25, -0.2) is 9.97 Å². The van der Waals surface area contributed by atoms with Crippen molar-refractivity contribution >= 4 is 11.5 Å². The van der Waals surface area contributed by atoms with Crippen LogP contribution in [0.5, 0.6) is 0 Å². The van der Waals surface area contributed by atoms with Gasteiger partial charge in [0.2, 0.25) is 0 Å². The van der Waals surface area contributed by atoms with E-state index in [0.29, 0.717) is 29.4 Å². The van der Waals surface area contributed by atoms with Crippen molar-refractivity contribution in [3.63, 3.8) is 0 Å². The predicted molar refractivity (Wildman–Crippen MR) is 100 cm³/mol. The second-order valence-corrected chi connectivity index (χ2v) is 6.33. The number of furan rings is 1. The largest absolute Gasteiger partial charge is 0.466 e. The molecule has 2 N–H and O–H groups in total. The Kier molecular flexibility index (Phi) is 5.18. The molecule has 0 amide bonds. The van der Waals surface area contributed by atoms with Gasteiger partial charge in [-0.3, -0.25) is 10.1 Å². The van der Waals surface area contributed by atoms with E-state index in [4.69, 9.17) is 4.42 Å². The van der Waals surface area contributed by atoms with Gasteiger partial charge in [0.05, 0.1) is 17.7 Å². The highest BCUT2D eigenvalue weighted by Crippen LogP contribution is 2.24. The molecule has 1 aromatic carbocycles. The van der Waals surface area contributed by atoms with Crippen LogP contribution in [0.2, 0.25) is 0 Å². The molecule has 1 atom stereocenters. The van der Waals surface area contributed by atoms with Crippen molar-refractivity contribution in [2.45, 2.75) is 25.9 Å². The Labute approximate surface area is 156 Å². The van der Waals surface area contributed by atoms with Crippen LogP contribution in [0.4, 0.5) is 11.5 Å². The molecule has 0 spiro atoms. The molecule has 2 heterocycles. The van der Waals surface area contributed by atoms with Gasteiger partial charge < -0.3 is 14.8 Å². The normalized spacial score (nSPS) is 13.1. The minimum Gasteiger partial charge on any atom is -0.466 e. The molecule has 1 unspecified atom stereocenters. The van der Waals surface area contributed by atoms with Crippen molar-refractivity contribution < 1.29 is 14.4 Å². The van der Waals surface area contributed by atoms with E-state index in [0.717, 1.165) is 5.69 Å². The average molecular weight is 368 g/mol. The summed E-state index contributed by atoms with van der Waals surface area (Å²) in [4.78, 5) is 19.3. The number of nitrogens with one attached hydrogen (secondary N) is 1. The molecule has 8 nitrogen and oxygen atoms in total. The molecule has 3 aromatic rings.